The number of rotatable bonds is 7. The van der Waals surface area contributed by atoms with Gasteiger partial charge in [0.25, 0.3) is 0 Å². The minimum absolute atomic E-state index is 0.358. The van der Waals surface area contributed by atoms with E-state index in [9.17, 15) is 19.2 Å². The van der Waals surface area contributed by atoms with Gasteiger partial charge in [-0.1, -0.05) is 128 Å². The minimum atomic E-state index is -1.31. The van der Waals surface area contributed by atoms with Crippen LogP contribution in [-0.4, -0.2) is 85.1 Å². The SMILES string of the molecule is CN(N)C(=S)c1ccccc1.CN(NC(=O)CC(=O)NN(C)C(=S)c1ccccc1)C(=S)c1ccccc1.O=C(O)CC(=O)O. The predicted octanol–water partition coefficient (Wildman–Crippen LogP) is 2.77. The molecule has 0 atom stereocenters. The van der Waals surface area contributed by atoms with Crippen LogP contribution in [0.15, 0.2) is 91.0 Å². The Bertz CT molecular complexity index is 1380. The molecule has 0 aliphatic carbocycles. The molecular formula is C30H34N6O6S3. The van der Waals surface area contributed by atoms with E-state index in [4.69, 9.17) is 52.7 Å². The third kappa shape index (κ3) is 15.5. The van der Waals surface area contributed by atoms with Gasteiger partial charge in [-0.05, 0) is 0 Å². The van der Waals surface area contributed by atoms with E-state index in [2.05, 4.69) is 10.9 Å². The number of hydrazine groups is 3. The van der Waals surface area contributed by atoms with Crippen LogP contribution in [-0.2, 0) is 19.2 Å². The second kappa shape index (κ2) is 20.2. The van der Waals surface area contributed by atoms with Crippen LogP contribution < -0.4 is 16.7 Å². The average Bonchev–Trinajstić information content (AvgIpc) is 3.00. The Balaban J connectivity index is 0.000000458. The van der Waals surface area contributed by atoms with Crippen molar-refractivity contribution in [2.45, 2.75) is 12.8 Å². The highest BCUT2D eigenvalue weighted by atomic mass is 32.1. The van der Waals surface area contributed by atoms with E-state index in [-0.39, 0.29) is 6.42 Å². The van der Waals surface area contributed by atoms with E-state index in [1.165, 1.54) is 15.0 Å². The number of carboxylic acids is 2. The normalized spacial score (nSPS) is 9.42. The van der Waals surface area contributed by atoms with Gasteiger partial charge in [-0.25, -0.2) is 5.84 Å². The maximum Gasteiger partial charge on any atom is 0.314 e. The molecule has 0 bridgehead atoms. The van der Waals surface area contributed by atoms with E-state index < -0.39 is 30.2 Å². The standard InChI is InChI=1S/C19H20N4O2S2.C8H10N2S.C3H4O4/c1-22(18(26)14-9-5-3-6-10-14)20-16(24)13-17(25)21-23(2)19(27)15-11-7-4-8-12-15;1-10(9)8(11)7-5-3-2-4-6-7;4-2(5)1-3(6)7/h3-12H,13H2,1-2H3,(H,20,24)(H,21,25);2-6H,9H2,1H3;1H2,(H,4,5)(H,6,7). The Kier molecular flexibility index (Phi) is 17.1. The van der Waals surface area contributed by atoms with E-state index >= 15 is 0 Å². The Hall–Kier alpha value is -4.83. The lowest BCUT2D eigenvalue weighted by Gasteiger charge is -2.23. The first-order chi connectivity index (χ1) is 21.2. The summed E-state index contributed by atoms with van der Waals surface area (Å²) in [4.78, 5) is 44.6. The number of nitrogens with two attached hydrogens (primary N) is 1. The van der Waals surface area contributed by atoms with Gasteiger partial charge in [-0.3, -0.25) is 40.0 Å². The number of aliphatic carboxylic acids is 2. The Morgan fingerprint density at radius 2 is 0.867 bits per heavy atom. The topological polar surface area (TPSA) is 169 Å². The summed E-state index contributed by atoms with van der Waals surface area (Å²) >= 11 is 15.7. The summed E-state index contributed by atoms with van der Waals surface area (Å²) in [7, 11) is 4.99. The fourth-order valence-corrected chi connectivity index (χ4v) is 3.66. The first-order valence-electron chi connectivity index (χ1n) is 13.0. The molecule has 45 heavy (non-hydrogen) atoms. The average molecular weight is 671 g/mol. The van der Waals surface area contributed by atoms with Crippen LogP contribution in [0.1, 0.15) is 29.5 Å². The van der Waals surface area contributed by atoms with Crippen LogP contribution >= 0.6 is 36.7 Å². The van der Waals surface area contributed by atoms with E-state index in [1.807, 2.05) is 91.0 Å². The van der Waals surface area contributed by atoms with Crippen molar-refractivity contribution in [2.75, 3.05) is 21.1 Å². The predicted molar refractivity (Wildman–Crippen MR) is 183 cm³/mol. The second-order valence-corrected chi connectivity index (χ2v) is 10.1. The number of hydrogen-bond donors (Lipinski definition) is 5. The van der Waals surface area contributed by atoms with Gasteiger partial charge in [-0.2, -0.15) is 0 Å². The molecule has 3 aromatic rings. The molecule has 15 heteroatoms. The summed E-state index contributed by atoms with van der Waals surface area (Å²) in [6, 6.07) is 28.3. The number of thiocarbonyl (C=S) groups is 3. The maximum absolute atomic E-state index is 12.1. The molecule has 0 spiro atoms. The van der Waals surface area contributed by atoms with Gasteiger partial charge in [0.05, 0.1) is 0 Å². The number of amides is 2. The van der Waals surface area contributed by atoms with Crippen LogP contribution in [0, 0.1) is 0 Å². The number of benzene rings is 3. The summed E-state index contributed by atoms with van der Waals surface area (Å²) < 4.78 is 0. The molecule has 0 saturated heterocycles. The highest BCUT2D eigenvalue weighted by Crippen LogP contribution is 2.05. The molecular weight excluding hydrogens is 637 g/mol. The van der Waals surface area contributed by atoms with Gasteiger partial charge in [0.15, 0.2) is 0 Å². The molecule has 3 aromatic carbocycles. The van der Waals surface area contributed by atoms with Crippen molar-refractivity contribution < 1.29 is 29.4 Å². The molecule has 0 fully saturated rings. The van der Waals surface area contributed by atoms with E-state index in [0.29, 0.717) is 15.0 Å². The van der Waals surface area contributed by atoms with Crippen LogP contribution in [0.5, 0.6) is 0 Å². The van der Waals surface area contributed by atoms with Crippen molar-refractivity contribution in [1.82, 2.24) is 25.9 Å². The number of carbonyl (C=O) groups excluding carboxylic acids is 2. The lowest BCUT2D eigenvalue weighted by molar-refractivity contribution is -0.147. The molecule has 3 rings (SSSR count). The highest BCUT2D eigenvalue weighted by molar-refractivity contribution is 7.81. The molecule has 6 N–H and O–H groups in total. The number of nitrogens with one attached hydrogen (secondary N) is 2. The van der Waals surface area contributed by atoms with Crippen molar-refractivity contribution in [1.29, 1.82) is 0 Å². The van der Waals surface area contributed by atoms with Crippen LogP contribution in [0.3, 0.4) is 0 Å². The van der Waals surface area contributed by atoms with Crippen molar-refractivity contribution in [3.05, 3.63) is 108 Å². The highest BCUT2D eigenvalue weighted by Gasteiger charge is 2.16. The molecule has 12 nitrogen and oxygen atoms in total. The fourth-order valence-electron chi connectivity index (χ4n) is 3.16. The molecule has 0 aromatic heterocycles. The molecule has 0 unspecified atom stereocenters. The zero-order valence-corrected chi connectivity index (χ0v) is 27.2. The van der Waals surface area contributed by atoms with Crippen LogP contribution in [0.2, 0.25) is 0 Å². The molecule has 0 aliphatic heterocycles. The minimum Gasteiger partial charge on any atom is -0.481 e. The number of hydrogen-bond acceptors (Lipinski definition) is 8. The van der Waals surface area contributed by atoms with Crippen molar-refractivity contribution in [3.8, 4) is 0 Å². The summed E-state index contributed by atoms with van der Waals surface area (Å²) in [5.74, 6) is 1.88. The largest absolute Gasteiger partial charge is 0.481 e. The molecule has 0 saturated carbocycles. The number of nitrogens with zero attached hydrogens (tertiary/aromatic N) is 3. The smallest absolute Gasteiger partial charge is 0.314 e. The zero-order chi connectivity index (χ0) is 33.9. The molecule has 0 aliphatic rings. The summed E-state index contributed by atoms with van der Waals surface area (Å²) in [5, 5.41) is 19.7. The quantitative estimate of drug-likeness (QED) is 0.108. The Morgan fingerprint density at radius 1 is 0.578 bits per heavy atom. The molecule has 2 amide bonds. The van der Waals surface area contributed by atoms with E-state index in [1.54, 1.807) is 21.1 Å². The summed E-state index contributed by atoms with van der Waals surface area (Å²) in [5.41, 5.74) is 7.75. The monoisotopic (exact) mass is 670 g/mol. The fraction of sp³-hybridized carbons (Fsp3) is 0.167. The van der Waals surface area contributed by atoms with Crippen LogP contribution in [0.25, 0.3) is 0 Å². The van der Waals surface area contributed by atoms with E-state index in [0.717, 1.165) is 16.7 Å². The molecule has 238 valence electrons. The Labute approximate surface area is 277 Å². The third-order valence-corrected chi connectivity index (χ3v) is 6.74. The third-order valence-electron chi connectivity index (χ3n) is 5.20. The lowest BCUT2D eigenvalue weighted by Crippen LogP contribution is -2.47. The van der Waals surface area contributed by atoms with Crippen molar-refractivity contribution >= 4 is 75.4 Å². The van der Waals surface area contributed by atoms with Crippen LogP contribution in [0.4, 0.5) is 0 Å². The molecule has 0 radical (unpaired) electrons. The number of carboxylic acid groups (broad SMARTS) is 2. The Morgan fingerprint density at radius 3 is 1.11 bits per heavy atom. The van der Waals surface area contributed by atoms with Gasteiger partial charge >= 0.3 is 11.9 Å². The first-order valence-corrected chi connectivity index (χ1v) is 14.2. The van der Waals surface area contributed by atoms with Gasteiger partial charge in [0, 0.05) is 37.8 Å². The van der Waals surface area contributed by atoms with Crippen molar-refractivity contribution in [2.24, 2.45) is 5.84 Å². The van der Waals surface area contributed by atoms with Gasteiger partial charge in [-0.15, -0.1) is 0 Å². The van der Waals surface area contributed by atoms with Gasteiger partial charge in [0.1, 0.15) is 27.8 Å². The van der Waals surface area contributed by atoms with Gasteiger partial charge in [0.2, 0.25) is 11.8 Å². The van der Waals surface area contributed by atoms with Gasteiger partial charge < -0.3 is 15.2 Å². The van der Waals surface area contributed by atoms with Crippen molar-refractivity contribution in [3.63, 3.8) is 0 Å². The second-order valence-electron chi connectivity index (χ2n) is 8.95. The summed E-state index contributed by atoms with van der Waals surface area (Å²) in [6.07, 6.45) is -1.16. The lowest BCUT2D eigenvalue weighted by atomic mass is 10.2. The molecule has 0 heterocycles. The zero-order valence-electron chi connectivity index (χ0n) is 24.7. The number of carbonyl (C=O) groups is 4. The summed E-state index contributed by atoms with van der Waals surface area (Å²) in [6.45, 7) is 0. The maximum atomic E-state index is 12.1. The first kappa shape index (κ1) is 38.2.